The third kappa shape index (κ3) is 3.87. The molecule has 0 fully saturated rings. The summed E-state index contributed by atoms with van der Waals surface area (Å²) in [6.07, 6.45) is 0. The minimum Gasteiger partial charge on any atom is -0.208 e. The minimum atomic E-state index is -0.103. The first-order chi connectivity index (χ1) is 22.1. The summed E-state index contributed by atoms with van der Waals surface area (Å²) in [7, 11) is 0. The van der Waals surface area contributed by atoms with Crippen molar-refractivity contribution in [1.82, 2.24) is 15.0 Å². The van der Waals surface area contributed by atoms with Crippen LogP contribution in [-0.4, -0.2) is 15.0 Å². The van der Waals surface area contributed by atoms with Crippen molar-refractivity contribution in [3.8, 4) is 45.3 Å². The van der Waals surface area contributed by atoms with E-state index in [0.29, 0.717) is 17.5 Å². The van der Waals surface area contributed by atoms with E-state index < -0.39 is 0 Å². The number of hydrogen-bond acceptors (Lipinski definition) is 3. The molecule has 0 saturated heterocycles. The number of rotatable bonds is 3. The Bertz CT molecular complexity index is 2390. The van der Waals surface area contributed by atoms with E-state index in [1.165, 1.54) is 54.6 Å². The third-order valence-corrected chi connectivity index (χ3v) is 9.46. The molecule has 3 nitrogen and oxygen atoms in total. The van der Waals surface area contributed by atoms with Gasteiger partial charge in [0.05, 0.1) is 0 Å². The predicted octanol–water partition coefficient (Wildman–Crippen LogP) is 10.6. The van der Waals surface area contributed by atoms with Crippen molar-refractivity contribution in [3.05, 3.63) is 151 Å². The molecule has 0 saturated carbocycles. The predicted molar refractivity (Wildman–Crippen MR) is 186 cm³/mol. The van der Waals surface area contributed by atoms with Gasteiger partial charge in [0.2, 0.25) is 0 Å². The molecule has 0 amide bonds. The lowest BCUT2D eigenvalue weighted by molar-refractivity contribution is 0.666. The molecule has 0 N–H and O–H groups in total. The van der Waals surface area contributed by atoms with Crippen LogP contribution in [0.15, 0.2) is 140 Å². The van der Waals surface area contributed by atoms with Crippen LogP contribution in [-0.2, 0) is 5.41 Å². The summed E-state index contributed by atoms with van der Waals surface area (Å²) in [5.41, 5.74) is 8.34. The van der Waals surface area contributed by atoms with Gasteiger partial charge in [-0.25, -0.2) is 15.0 Å². The quantitative estimate of drug-likeness (QED) is 0.197. The van der Waals surface area contributed by atoms with Gasteiger partial charge >= 0.3 is 0 Å². The smallest absolute Gasteiger partial charge is 0.164 e. The summed E-state index contributed by atoms with van der Waals surface area (Å²) in [6, 6.07) is 49.4. The Morgan fingerprint density at radius 1 is 0.444 bits per heavy atom. The Kier molecular flexibility index (Phi) is 5.54. The van der Waals surface area contributed by atoms with Crippen molar-refractivity contribution in [2.45, 2.75) is 19.3 Å². The average molecular weight is 576 g/mol. The molecular weight excluding hydrogens is 546 g/mol. The number of aromatic nitrogens is 3. The molecule has 212 valence electrons. The summed E-state index contributed by atoms with van der Waals surface area (Å²) in [6.45, 7) is 4.74. The molecule has 0 aliphatic heterocycles. The number of fused-ring (bicyclic) bond motifs is 10. The molecule has 1 aliphatic rings. The number of nitrogens with zero attached hydrogens (tertiary/aromatic N) is 3. The summed E-state index contributed by atoms with van der Waals surface area (Å²) < 4.78 is 0. The second-order valence-electron chi connectivity index (χ2n) is 12.4. The lowest BCUT2D eigenvalue weighted by Crippen LogP contribution is -2.15. The van der Waals surface area contributed by atoms with Gasteiger partial charge in [0.1, 0.15) is 0 Å². The van der Waals surface area contributed by atoms with E-state index in [1.54, 1.807) is 0 Å². The lowest BCUT2D eigenvalue weighted by Gasteiger charge is -2.24. The first-order valence-electron chi connectivity index (χ1n) is 15.5. The zero-order valence-electron chi connectivity index (χ0n) is 25.1. The largest absolute Gasteiger partial charge is 0.208 e. The second kappa shape index (κ2) is 9.67. The van der Waals surface area contributed by atoms with Crippen LogP contribution in [0.1, 0.15) is 25.0 Å². The fourth-order valence-electron chi connectivity index (χ4n) is 7.40. The number of benzene rings is 7. The molecule has 0 spiro atoms. The van der Waals surface area contributed by atoms with Crippen LogP contribution in [0.3, 0.4) is 0 Å². The summed E-state index contributed by atoms with van der Waals surface area (Å²) >= 11 is 0. The van der Waals surface area contributed by atoms with Crippen LogP contribution in [0.2, 0.25) is 0 Å². The van der Waals surface area contributed by atoms with Crippen molar-refractivity contribution in [1.29, 1.82) is 0 Å². The van der Waals surface area contributed by atoms with Crippen molar-refractivity contribution in [3.63, 3.8) is 0 Å². The van der Waals surface area contributed by atoms with E-state index in [0.717, 1.165) is 16.7 Å². The van der Waals surface area contributed by atoms with Gasteiger partial charge in [-0.1, -0.05) is 147 Å². The zero-order valence-corrected chi connectivity index (χ0v) is 25.1. The zero-order chi connectivity index (χ0) is 30.1. The molecule has 0 radical (unpaired) electrons. The molecule has 3 heteroatoms. The van der Waals surface area contributed by atoms with Crippen LogP contribution < -0.4 is 0 Å². The first-order valence-corrected chi connectivity index (χ1v) is 15.5. The summed E-state index contributed by atoms with van der Waals surface area (Å²) in [4.78, 5) is 14.8. The lowest BCUT2D eigenvalue weighted by atomic mass is 9.78. The molecule has 1 aromatic heterocycles. The highest BCUT2D eigenvalue weighted by atomic mass is 15.0. The van der Waals surface area contributed by atoms with E-state index in [4.69, 9.17) is 15.0 Å². The van der Waals surface area contributed by atoms with E-state index in [9.17, 15) is 0 Å². The molecule has 7 aromatic carbocycles. The van der Waals surface area contributed by atoms with Crippen LogP contribution in [0, 0.1) is 0 Å². The van der Waals surface area contributed by atoms with Crippen molar-refractivity contribution in [2.75, 3.05) is 0 Å². The highest BCUT2D eigenvalue weighted by Gasteiger charge is 2.38. The first kappa shape index (κ1) is 25.8. The fraction of sp³-hybridized carbons (Fsp3) is 0.0714. The maximum absolute atomic E-state index is 4.99. The molecule has 1 heterocycles. The standard InChI is InChI=1S/C42H29N3/c1-42(2)35-20-12-11-19-33(35)37-32-18-10-9-17-31(32)36-30-23-22-29(25-28(30)21-24-34(36)38(37)42)41-44-39(26-13-5-3-6-14-26)43-40(45-41)27-15-7-4-8-16-27/h3-25H,1-2H3. The highest BCUT2D eigenvalue weighted by Crippen LogP contribution is 2.55. The Morgan fingerprint density at radius 3 is 1.69 bits per heavy atom. The van der Waals surface area contributed by atoms with E-state index in [1.807, 2.05) is 60.7 Å². The van der Waals surface area contributed by atoms with Crippen molar-refractivity contribution < 1.29 is 0 Å². The highest BCUT2D eigenvalue weighted by molar-refractivity contribution is 6.26. The van der Waals surface area contributed by atoms with E-state index >= 15 is 0 Å². The molecule has 45 heavy (non-hydrogen) atoms. The van der Waals surface area contributed by atoms with Gasteiger partial charge in [0.25, 0.3) is 0 Å². The van der Waals surface area contributed by atoms with Gasteiger partial charge in [-0.2, -0.15) is 0 Å². The fourth-order valence-corrected chi connectivity index (χ4v) is 7.40. The Hall–Kier alpha value is -5.67. The Morgan fingerprint density at radius 2 is 1.00 bits per heavy atom. The van der Waals surface area contributed by atoms with Crippen LogP contribution in [0.5, 0.6) is 0 Å². The van der Waals surface area contributed by atoms with Crippen LogP contribution in [0.4, 0.5) is 0 Å². The topological polar surface area (TPSA) is 38.7 Å². The molecule has 0 atom stereocenters. The summed E-state index contributed by atoms with van der Waals surface area (Å²) in [5.74, 6) is 2.00. The van der Waals surface area contributed by atoms with Crippen LogP contribution in [0.25, 0.3) is 77.6 Å². The molecule has 0 bridgehead atoms. The Balaban J connectivity index is 1.29. The van der Waals surface area contributed by atoms with Gasteiger partial charge in [0.15, 0.2) is 17.5 Å². The SMILES string of the molecule is CC1(C)c2ccccc2-c2c1c1ccc3cc(-c4nc(-c5ccccc5)nc(-c5ccccc5)n4)ccc3c1c1ccccc21. The maximum atomic E-state index is 4.99. The van der Waals surface area contributed by atoms with Gasteiger partial charge in [0, 0.05) is 22.1 Å². The maximum Gasteiger partial charge on any atom is 0.164 e. The van der Waals surface area contributed by atoms with E-state index in [-0.39, 0.29) is 5.41 Å². The van der Waals surface area contributed by atoms with Crippen molar-refractivity contribution >= 4 is 32.3 Å². The molecule has 0 unspecified atom stereocenters. The average Bonchev–Trinajstić information content (AvgIpc) is 3.35. The molecule has 9 rings (SSSR count). The normalized spacial score (nSPS) is 13.3. The van der Waals surface area contributed by atoms with Crippen LogP contribution >= 0.6 is 0 Å². The van der Waals surface area contributed by atoms with Gasteiger partial charge < -0.3 is 0 Å². The summed E-state index contributed by atoms with van der Waals surface area (Å²) in [5, 5.41) is 7.63. The molecule has 8 aromatic rings. The minimum absolute atomic E-state index is 0.103. The molecule has 1 aliphatic carbocycles. The number of hydrogen-bond donors (Lipinski definition) is 0. The van der Waals surface area contributed by atoms with Crippen molar-refractivity contribution in [2.24, 2.45) is 0 Å². The van der Waals surface area contributed by atoms with Gasteiger partial charge in [-0.05, 0) is 60.6 Å². The van der Waals surface area contributed by atoms with E-state index in [2.05, 4.69) is 92.7 Å². The third-order valence-electron chi connectivity index (χ3n) is 9.46. The Labute approximate surface area is 261 Å². The van der Waals surface area contributed by atoms with Gasteiger partial charge in [-0.3, -0.25) is 0 Å². The van der Waals surface area contributed by atoms with Gasteiger partial charge in [-0.15, -0.1) is 0 Å². The molecular formula is C42H29N3. The monoisotopic (exact) mass is 575 g/mol. The second-order valence-corrected chi connectivity index (χ2v) is 12.4.